The summed E-state index contributed by atoms with van der Waals surface area (Å²) < 4.78 is 0. The van der Waals surface area contributed by atoms with Crippen LogP contribution in [0.4, 0.5) is 11.4 Å². The zero-order valence-electron chi connectivity index (χ0n) is 10.4. The minimum absolute atomic E-state index is 0.851. The number of nitrogens with zero attached hydrogens (tertiary/aromatic N) is 2. The number of aromatic nitrogens is 1. The van der Waals surface area contributed by atoms with Gasteiger partial charge in [-0.1, -0.05) is 12.1 Å². The average molecular weight is 247 g/mol. The predicted molar refractivity (Wildman–Crippen MR) is 74.5 cm³/mol. The Kier molecular flexibility index (Phi) is 3.33. The normalized spacial score (nSPS) is 10.5. The maximum Gasteiger partial charge on any atom is 0.0798 e. The first-order valence-electron chi connectivity index (χ1n) is 5.54. The number of nitrogen functional groups attached to an aromatic ring is 1. The van der Waals surface area contributed by atoms with Gasteiger partial charge in [-0.15, -0.1) is 11.3 Å². The largest absolute Gasteiger partial charge is 0.397 e. The third kappa shape index (κ3) is 2.42. The molecule has 90 valence electrons. The fourth-order valence-electron chi connectivity index (χ4n) is 1.78. The predicted octanol–water partition coefficient (Wildman–Crippen LogP) is 2.98. The van der Waals surface area contributed by atoms with E-state index < -0.39 is 0 Å². The molecule has 0 fully saturated rings. The molecule has 2 rings (SSSR count). The molecule has 0 saturated carbocycles. The Morgan fingerprint density at radius 3 is 2.76 bits per heavy atom. The van der Waals surface area contributed by atoms with Gasteiger partial charge in [0.25, 0.3) is 0 Å². The molecule has 0 spiro atoms. The van der Waals surface area contributed by atoms with Gasteiger partial charge >= 0.3 is 0 Å². The summed E-state index contributed by atoms with van der Waals surface area (Å²) in [6.45, 7) is 4.92. The van der Waals surface area contributed by atoms with E-state index in [2.05, 4.69) is 23.0 Å². The molecule has 4 heteroatoms. The molecule has 3 nitrogen and oxygen atoms in total. The Balaban J connectivity index is 2.23. The van der Waals surface area contributed by atoms with Gasteiger partial charge in [-0.3, -0.25) is 0 Å². The first kappa shape index (κ1) is 11.9. The van der Waals surface area contributed by atoms with Crippen LogP contribution in [0, 0.1) is 13.8 Å². The minimum Gasteiger partial charge on any atom is -0.397 e. The van der Waals surface area contributed by atoms with E-state index in [0.29, 0.717) is 0 Å². The average Bonchev–Trinajstić information content (AvgIpc) is 2.68. The van der Waals surface area contributed by atoms with E-state index in [1.54, 1.807) is 11.3 Å². The highest BCUT2D eigenvalue weighted by Gasteiger charge is 2.09. The summed E-state index contributed by atoms with van der Waals surface area (Å²) in [5.41, 5.74) is 12.1. The minimum atomic E-state index is 0.851. The number of rotatable bonds is 3. The molecule has 0 aliphatic heterocycles. The van der Waals surface area contributed by atoms with E-state index in [1.165, 1.54) is 4.88 Å². The lowest BCUT2D eigenvalue weighted by atomic mass is 10.1. The molecule has 2 aromatic rings. The number of hydrogen-bond donors (Lipinski definition) is 1. The van der Waals surface area contributed by atoms with Crippen molar-refractivity contribution in [2.75, 3.05) is 17.7 Å². The summed E-state index contributed by atoms with van der Waals surface area (Å²) in [5, 5.41) is 0. The topological polar surface area (TPSA) is 42.2 Å². The molecule has 0 radical (unpaired) electrons. The van der Waals surface area contributed by atoms with Crippen LogP contribution in [-0.2, 0) is 6.54 Å². The fraction of sp³-hybridized carbons (Fsp3) is 0.308. The number of benzene rings is 1. The molecule has 1 heterocycles. The van der Waals surface area contributed by atoms with Crippen molar-refractivity contribution in [2.24, 2.45) is 0 Å². The van der Waals surface area contributed by atoms with Gasteiger partial charge in [0.2, 0.25) is 0 Å². The van der Waals surface area contributed by atoms with Crippen molar-refractivity contribution in [2.45, 2.75) is 20.4 Å². The summed E-state index contributed by atoms with van der Waals surface area (Å²) in [4.78, 5) is 7.72. The van der Waals surface area contributed by atoms with Gasteiger partial charge in [-0.05, 0) is 25.5 Å². The Hall–Kier alpha value is -1.55. The van der Waals surface area contributed by atoms with E-state index in [0.717, 1.165) is 29.2 Å². The lowest BCUT2D eigenvalue weighted by Gasteiger charge is -2.21. The van der Waals surface area contributed by atoms with E-state index in [9.17, 15) is 0 Å². The number of nitrogens with two attached hydrogens (primary N) is 1. The van der Waals surface area contributed by atoms with Crippen LogP contribution in [0.3, 0.4) is 0 Å². The van der Waals surface area contributed by atoms with Crippen molar-refractivity contribution in [3.8, 4) is 0 Å². The number of anilines is 2. The molecule has 2 N–H and O–H groups in total. The quantitative estimate of drug-likeness (QED) is 0.848. The highest BCUT2D eigenvalue weighted by Crippen LogP contribution is 2.27. The maximum absolute atomic E-state index is 6.10. The summed E-state index contributed by atoms with van der Waals surface area (Å²) >= 11 is 1.69. The summed E-state index contributed by atoms with van der Waals surface area (Å²) in [6.07, 6.45) is 0. The smallest absolute Gasteiger partial charge is 0.0798 e. The first-order chi connectivity index (χ1) is 8.09. The van der Waals surface area contributed by atoms with E-state index in [4.69, 9.17) is 5.73 Å². The Morgan fingerprint density at radius 1 is 1.35 bits per heavy atom. The van der Waals surface area contributed by atoms with E-state index >= 15 is 0 Å². The zero-order chi connectivity index (χ0) is 12.4. The number of thiazole rings is 1. The van der Waals surface area contributed by atoms with Crippen LogP contribution in [-0.4, -0.2) is 12.0 Å². The molecule has 1 aromatic heterocycles. The van der Waals surface area contributed by atoms with E-state index in [-0.39, 0.29) is 0 Å². The number of aryl methyl sites for hydroxylation is 2. The van der Waals surface area contributed by atoms with Crippen LogP contribution in [0.5, 0.6) is 0 Å². The highest BCUT2D eigenvalue weighted by atomic mass is 32.1. The summed E-state index contributed by atoms with van der Waals surface area (Å²) in [5.74, 6) is 0. The highest BCUT2D eigenvalue weighted by molar-refractivity contribution is 7.09. The van der Waals surface area contributed by atoms with Gasteiger partial charge in [-0.2, -0.15) is 0 Å². The lowest BCUT2D eigenvalue weighted by Crippen LogP contribution is -2.18. The molecule has 0 saturated heterocycles. The van der Waals surface area contributed by atoms with Crippen LogP contribution in [0.25, 0.3) is 0 Å². The van der Waals surface area contributed by atoms with Crippen LogP contribution in [0.1, 0.15) is 16.1 Å². The SMILES string of the molecule is Cc1cccc(N(C)Cc2scnc2C)c1N. The van der Waals surface area contributed by atoms with Crippen LogP contribution < -0.4 is 10.6 Å². The zero-order valence-corrected chi connectivity index (χ0v) is 11.2. The first-order valence-corrected chi connectivity index (χ1v) is 6.42. The van der Waals surface area contributed by atoms with Crippen molar-refractivity contribution in [1.82, 2.24) is 4.98 Å². The monoisotopic (exact) mass is 247 g/mol. The van der Waals surface area contributed by atoms with Gasteiger partial charge in [0.05, 0.1) is 29.1 Å². The number of hydrogen-bond acceptors (Lipinski definition) is 4. The second-order valence-electron chi connectivity index (χ2n) is 4.22. The summed E-state index contributed by atoms with van der Waals surface area (Å²) in [6, 6.07) is 6.13. The second-order valence-corrected chi connectivity index (χ2v) is 5.16. The van der Waals surface area contributed by atoms with Crippen LogP contribution in [0.2, 0.25) is 0 Å². The van der Waals surface area contributed by atoms with Crippen molar-refractivity contribution >= 4 is 22.7 Å². The lowest BCUT2D eigenvalue weighted by molar-refractivity contribution is 0.927. The van der Waals surface area contributed by atoms with Gasteiger partial charge in [0, 0.05) is 11.9 Å². The van der Waals surface area contributed by atoms with Gasteiger partial charge in [-0.25, -0.2) is 4.98 Å². The number of para-hydroxylation sites is 1. The van der Waals surface area contributed by atoms with Crippen molar-refractivity contribution in [1.29, 1.82) is 0 Å². The molecule has 0 unspecified atom stereocenters. The van der Waals surface area contributed by atoms with Gasteiger partial charge in [0.15, 0.2) is 0 Å². The summed E-state index contributed by atoms with van der Waals surface area (Å²) in [7, 11) is 2.06. The van der Waals surface area contributed by atoms with Gasteiger partial charge in [0.1, 0.15) is 0 Å². The molecule has 0 amide bonds. The molecule has 0 bridgehead atoms. The second kappa shape index (κ2) is 4.75. The van der Waals surface area contributed by atoms with Crippen molar-refractivity contribution < 1.29 is 0 Å². The molecule has 1 aromatic carbocycles. The molecular formula is C13H17N3S. The molecule has 0 aliphatic rings. The Labute approximate surface area is 106 Å². The Bertz CT molecular complexity index is 519. The van der Waals surface area contributed by atoms with Crippen LogP contribution in [0.15, 0.2) is 23.7 Å². The third-order valence-corrected chi connectivity index (χ3v) is 3.86. The fourth-order valence-corrected chi connectivity index (χ4v) is 2.61. The third-order valence-electron chi connectivity index (χ3n) is 2.94. The van der Waals surface area contributed by atoms with Crippen molar-refractivity contribution in [3.05, 3.63) is 39.8 Å². The molecule has 0 atom stereocenters. The molecular weight excluding hydrogens is 230 g/mol. The molecule has 17 heavy (non-hydrogen) atoms. The van der Waals surface area contributed by atoms with Gasteiger partial charge < -0.3 is 10.6 Å². The van der Waals surface area contributed by atoms with Crippen LogP contribution >= 0.6 is 11.3 Å². The molecule has 0 aliphatic carbocycles. The maximum atomic E-state index is 6.10. The Morgan fingerprint density at radius 2 is 2.12 bits per heavy atom. The van der Waals surface area contributed by atoms with E-state index in [1.807, 2.05) is 31.5 Å². The standard InChI is InChI=1S/C13H17N3S/c1-9-5-4-6-11(13(9)14)16(3)7-12-10(2)15-8-17-12/h4-6,8H,7,14H2,1-3H3. The van der Waals surface area contributed by atoms with Crippen molar-refractivity contribution in [3.63, 3.8) is 0 Å².